The predicted octanol–water partition coefficient (Wildman–Crippen LogP) is 1.08. The van der Waals surface area contributed by atoms with Gasteiger partial charge in [0, 0.05) is 13.7 Å². The zero-order valence-electron chi connectivity index (χ0n) is 11.0. The van der Waals surface area contributed by atoms with E-state index in [-0.39, 0.29) is 0 Å². The molecule has 0 saturated carbocycles. The Bertz CT molecular complexity index is 438. The van der Waals surface area contributed by atoms with Crippen LogP contribution in [0.3, 0.4) is 0 Å². The van der Waals surface area contributed by atoms with Crippen LogP contribution in [0.1, 0.15) is 6.92 Å². The molecule has 0 fully saturated rings. The van der Waals surface area contributed by atoms with Crippen LogP contribution in [0.25, 0.3) is 0 Å². The Kier molecular flexibility index (Phi) is 6.27. The first-order chi connectivity index (χ1) is 9.33. The third kappa shape index (κ3) is 5.78. The Morgan fingerprint density at radius 1 is 1.60 bits per heavy atom. The smallest absolute Gasteiger partial charge is 0.383 e. The molecule has 1 unspecified atom stereocenters. The number of rotatable bonds is 7. The SMILES string of the molecule is COCCn1cnnc1SC(C)C(=O)NCC(F)(F)F. The van der Waals surface area contributed by atoms with Crippen LogP contribution in [0.5, 0.6) is 0 Å². The number of nitrogens with one attached hydrogen (secondary N) is 1. The number of hydrogen-bond donors (Lipinski definition) is 1. The molecule has 0 aromatic carbocycles. The summed E-state index contributed by atoms with van der Waals surface area (Å²) in [6, 6.07) is 0. The molecular weight excluding hydrogens is 297 g/mol. The molecule has 20 heavy (non-hydrogen) atoms. The van der Waals surface area contributed by atoms with Gasteiger partial charge >= 0.3 is 6.18 Å². The van der Waals surface area contributed by atoms with Crippen molar-refractivity contribution in [2.75, 3.05) is 20.3 Å². The molecule has 0 saturated heterocycles. The molecule has 0 spiro atoms. The largest absolute Gasteiger partial charge is 0.405 e. The summed E-state index contributed by atoms with van der Waals surface area (Å²) in [5, 5.41) is 9.10. The van der Waals surface area contributed by atoms with Crippen molar-refractivity contribution in [3.8, 4) is 0 Å². The second-order valence-electron chi connectivity index (χ2n) is 3.89. The van der Waals surface area contributed by atoms with E-state index in [0.717, 1.165) is 11.8 Å². The van der Waals surface area contributed by atoms with Gasteiger partial charge in [0.1, 0.15) is 12.9 Å². The summed E-state index contributed by atoms with van der Waals surface area (Å²) >= 11 is 1.04. The summed E-state index contributed by atoms with van der Waals surface area (Å²) in [5.41, 5.74) is 0. The highest BCUT2D eigenvalue weighted by Gasteiger charge is 2.29. The monoisotopic (exact) mass is 312 g/mol. The average molecular weight is 312 g/mol. The summed E-state index contributed by atoms with van der Waals surface area (Å²) < 4.78 is 42.6. The summed E-state index contributed by atoms with van der Waals surface area (Å²) in [4.78, 5) is 11.5. The number of carbonyl (C=O) groups excluding carboxylic acids is 1. The van der Waals surface area contributed by atoms with E-state index in [1.807, 2.05) is 5.32 Å². The van der Waals surface area contributed by atoms with E-state index in [0.29, 0.717) is 18.3 Å². The molecule has 1 rings (SSSR count). The van der Waals surface area contributed by atoms with Crippen molar-refractivity contribution in [2.24, 2.45) is 0 Å². The fourth-order valence-corrected chi connectivity index (χ4v) is 2.10. The predicted molar refractivity (Wildman–Crippen MR) is 66.3 cm³/mol. The van der Waals surface area contributed by atoms with E-state index >= 15 is 0 Å². The van der Waals surface area contributed by atoms with Crippen molar-refractivity contribution in [3.05, 3.63) is 6.33 Å². The third-order valence-electron chi connectivity index (χ3n) is 2.23. The minimum atomic E-state index is -4.42. The number of carbonyl (C=O) groups is 1. The number of ether oxygens (including phenoxy) is 1. The quantitative estimate of drug-likeness (QED) is 0.763. The molecule has 1 aromatic heterocycles. The van der Waals surface area contributed by atoms with E-state index in [4.69, 9.17) is 4.74 Å². The van der Waals surface area contributed by atoms with Crippen molar-refractivity contribution < 1.29 is 22.7 Å². The number of nitrogens with zero attached hydrogens (tertiary/aromatic N) is 3. The van der Waals surface area contributed by atoms with Crippen LogP contribution in [0.15, 0.2) is 11.5 Å². The number of aromatic nitrogens is 3. The molecule has 0 bridgehead atoms. The van der Waals surface area contributed by atoms with Gasteiger partial charge in [0.25, 0.3) is 0 Å². The zero-order valence-corrected chi connectivity index (χ0v) is 11.8. The molecule has 114 valence electrons. The normalized spacial score (nSPS) is 13.2. The molecule has 0 aliphatic rings. The maximum Gasteiger partial charge on any atom is 0.405 e. The van der Waals surface area contributed by atoms with Crippen LogP contribution in [-0.2, 0) is 16.1 Å². The highest BCUT2D eigenvalue weighted by molar-refractivity contribution is 8.00. The van der Waals surface area contributed by atoms with Crippen molar-refractivity contribution >= 4 is 17.7 Å². The van der Waals surface area contributed by atoms with E-state index < -0.39 is 23.9 Å². The van der Waals surface area contributed by atoms with E-state index in [9.17, 15) is 18.0 Å². The topological polar surface area (TPSA) is 69.0 Å². The highest BCUT2D eigenvalue weighted by atomic mass is 32.2. The Hall–Kier alpha value is -1.29. The first-order valence-corrected chi connectivity index (χ1v) is 6.59. The van der Waals surface area contributed by atoms with Gasteiger partial charge in [-0.1, -0.05) is 11.8 Å². The molecule has 10 heteroatoms. The third-order valence-corrected chi connectivity index (χ3v) is 3.33. The van der Waals surface area contributed by atoms with Gasteiger partial charge in [-0.25, -0.2) is 0 Å². The summed E-state index contributed by atoms with van der Waals surface area (Å²) in [6.07, 6.45) is -2.94. The van der Waals surface area contributed by atoms with Gasteiger partial charge in [0.05, 0.1) is 11.9 Å². The summed E-state index contributed by atoms with van der Waals surface area (Å²) in [7, 11) is 1.55. The summed E-state index contributed by atoms with van der Waals surface area (Å²) in [6.45, 7) is 1.11. The van der Waals surface area contributed by atoms with Crippen molar-refractivity contribution in [2.45, 2.75) is 30.1 Å². The molecule has 6 nitrogen and oxygen atoms in total. The van der Waals surface area contributed by atoms with Gasteiger partial charge in [0.2, 0.25) is 5.91 Å². The maximum atomic E-state index is 12.0. The van der Waals surface area contributed by atoms with Gasteiger partial charge < -0.3 is 14.6 Å². The second kappa shape index (κ2) is 7.48. The lowest BCUT2D eigenvalue weighted by Crippen LogP contribution is -2.38. The number of thioether (sulfide) groups is 1. The first-order valence-electron chi connectivity index (χ1n) is 5.71. The van der Waals surface area contributed by atoms with E-state index in [1.54, 1.807) is 11.7 Å². The molecule has 0 aliphatic carbocycles. The lowest BCUT2D eigenvalue weighted by atomic mass is 10.4. The fourth-order valence-electron chi connectivity index (χ4n) is 1.22. The van der Waals surface area contributed by atoms with Crippen molar-refractivity contribution in [3.63, 3.8) is 0 Å². The lowest BCUT2D eigenvalue weighted by Gasteiger charge is -2.13. The standard InChI is InChI=1S/C10H15F3N4O2S/c1-7(8(18)14-5-10(11,12)13)20-9-16-15-6-17(9)3-4-19-2/h6-7H,3-5H2,1-2H3,(H,14,18). The van der Waals surface area contributed by atoms with Crippen LogP contribution < -0.4 is 5.32 Å². The Morgan fingerprint density at radius 2 is 2.30 bits per heavy atom. The number of hydrogen-bond acceptors (Lipinski definition) is 5. The lowest BCUT2D eigenvalue weighted by molar-refractivity contribution is -0.137. The van der Waals surface area contributed by atoms with Crippen LogP contribution in [0, 0.1) is 0 Å². The zero-order chi connectivity index (χ0) is 15.2. The van der Waals surface area contributed by atoms with Gasteiger partial charge in [-0.05, 0) is 6.92 Å². The molecule has 1 atom stereocenters. The van der Waals surface area contributed by atoms with Crippen LogP contribution in [-0.4, -0.2) is 52.4 Å². The number of alkyl halides is 3. The Labute approximate surface area is 118 Å². The maximum absolute atomic E-state index is 12.0. The van der Waals surface area contributed by atoms with Gasteiger partial charge in [0.15, 0.2) is 5.16 Å². The minimum absolute atomic E-state index is 0.445. The molecule has 1 amide bonds. The van der Waals surface area contributed by atoms with Crippen molar-refractivity contribution in [1.82, 2.24) is 20.1 Å². The molecule has 1 heterocycles. The molecule has 1 N–H and O–H groups in total. The molecule has 1 aromatic rings. The molecule has 0 aliphatic heterocycles. The van der Waals surface area contributed by atoms with Crippen LogP contribution in [0.4, 0.5) is 13.2 Å². The molecular formula is C10H15F3N4O2S. The minimum Gasteiger partial charge on any atom is -0.383 e. The van der Waals surface area contributed by atoms with Gasteiger partial charge in [-0.3, -0.25) is 4.79 Å². The Morgan fingerprint density at radius 3 is 2.90 bits per heavy atom. The Balaban J connectivity index is 2.51. The van der Waals surface area contributed by atoms with E-state index in [2.05, 4.69) is 10.2 Å². The second-order valence-corrected chi connectivity index (χ2v) is 5.20. The highest BCUT2D eigenvalue weighted by Crippen LogP contribution is 2.21. The fraction of sp³-hybridized carbons (Fsp3) is 0.700. The van der Waals surface area contributed by atoms with Crippen LogP contribution >= 0.6 is 11.8 Å². The van der Waals surface area contributed by atoms with Crippen LogP contribution in [0.2, 0.25) is 0 Å². The number of amides is 1. The van der Waals surface area contributed by atoms with Gasteiger partial charge in [-0.15, -0.1) is 10.2 Å². The van der Waals surface area contributed by atoms with E-state index in [1.165, 1.54) is 13.3 Å². The first kappa shape index (κ1) is 16.8. The van der Waals surface area contributed by atoms with Gasteiger partial charge in [-0.2, -0.15) is 13.2 Å². The molecule has 0 radical (unpaired) electrons. The van der Waals surface area contributed by atoms with Crippen molar-refractivity contribution in [1.29, 1.82) is 0 Å². The number of methoxy groups -OCH3 is 1. The number of halogens is 3. The summed E-state index contributed by atoms with van der Waals surface area (Å²) in [5.74, 6) is -0.700. The average Bonchev–Trinajstić information content (AvgIpc) is 2.79.